The van der Waals surface area contributed by atoms with Gasteiger partial charge in [-0.15, -0.1) is 0 Å². The summed E-state index contributed by atoms with van der Waals surface area (Å²) in [5, 5.41) is 7.67. The highest BCUT2D eigenvalue weighted by Gasteiger charge is 2.32. The first-order valence-electron chi connectivity index (χ1n) is 11.4. The first kappa shape index (κ1) is 18.6. The molecule has 7 rings (SSSR count). The summed E-state index contributed by atoms with van der Waals surface area (Å²) < 4.78 is 6.64. The summed E-state index contributed by atoms with van der Waals surface area (Å²) in [6, 6.07) is 35.1. The van der Waals surface area contributed by atoms with E-state index in [9.17, 15) is 0 Å². The Hall–Kier alpha value is -3.98. The zero-order chi connectivity index (χ0) is 22.1. The Balaban J connectivity index is 1.70. The molecule has 6 aromatic carbocycles. The Kier molecular flexibility index (Phi) is 3.81. The van der Waals surface area contributed by atoms with E-state index in [1.807, 2.05) is 0 Å². The highest BCUT2D eigenvalue weighted by Crippen LogP contribution is 2.42. The van der Waals surface area contributed by atoms with E-state index in [1.165, 1.54) is 54.4 Å². The SMILES string of the molecule is CN(C)c1ccc2cc3c4c(ccc5ccc1c2c54)Oc1ccccc1B3c1ccccc1. The van der Waals surface area contributed by atoms with Gasteiger partial charge >= 0.3 is 0 Å². The van der Waals surface area contributed by atoms with Gasteiger partial charge in [-0.1, -0.05) is 89.8 Å². The van der Waals surface area contributed by atoms with E-state index in [1.54, 1.807) is 0 Å². The topological polar surface area (TPSA) is 12.5 Å². The van der Waals surface area contributed by atoms with Crippen LogP contribution in [0.3, 0.4) is 0 Å². The van der Waals surface area contributed by atoms with Crippen molar-refractivity contribution in [1.82, 2.24) is 0 Å². The van der Waals surface area contributed by atoms with Gasteiger partial charge in [0, 0.05) is 35.9 Å². The van der Waals surface area contributed by atoms with E-state index >= 15 is 0 Å². The normalized spacial score (nSPS) is 12.7. The van der Waals surface area contributed by atoms with Crippen molar-refractivity contribution in [3.63, 3.8) is 0 Å². The predicted molar refractivity (Wildman–Crippen MR) is 142 cm³/mol. The molecule has 6 aromatic rings. The van der Waals surface area contributed by atoms with Crippen LogP contribution in [0.2, 0.25) is 0 Å². The summed E-state index contributed by atoms with van der Waals surface area (Å²) in [6.45, 7) is 0.103. The summed E-state index contributed by atoms with van der Waals surface area (Å²) >= 11 is 0. The summed E-state index contributed by atoms with van der Waals surface area (Å²) in [5.41, 5.74) is 5.04. The van der Waals surface area contributed by atoms with Gasteiger partial charge in [0.2, 0.25) is 6.71 Å². The maximum atomic E-state index is 6.64. The maximum absolute atomic E-state index is 6.64. The van der Waals surface area contributed by atoms with Crippen LogP contribution in [0.25, 0.3) is 32.3 Å². The molecule has 0 spiro atoms. The Morgan fingerprint density at radius 1 is 0.606 bits per heavy atom. The molecule has 0 amide bonds. The van der Waals surface area contributed by atoms with Gasteiger partial charge in [0.1, 0.15) is 11.5 Å². The van der Waals surface area contributed by atoms with Gasteiger partial charge in [-0.2, -0.15) is 0 Å². The van der Waals surface area contributed by atoms with Crippen LogP contribution in [0, 0.1) is 0 Å². The third-order valence-electron chi connectivity index (χ3n) is 7.11. The molecule has 1 aliphatic rings. The van der Waals surface area contributed by atoms with Crippen molar-refractivity contribution in [2.24, 2.45) is 0 Å². The van der Waals surface area contributed by atoms with Gasteiger partial charge in [0.15, 0.2) is 0 Å². The van der Waals surface area contributed by atoms with Gasteiger partial charge in [0.25, 0.3) is 0 Å². The zero-order valence-electron chi connectivity index (χ0n) is 18.7. The van der Waals surface area contributed by atoms with Crippen molar-refractivity contribution in [2.45, 2.75) is 0 Å². The van der Waals surface area contributed by atoms with Crippen LogP contribution in [0.1, 0.15) is 0 Å². The van der Waals surface area contributed by atoms with Gasteiger partial charge in [-0.3, -0.25) is 0 Å². The van der Waals surface area contributed by atoms with E-state index in [0.29, 0.717) is 0 Å². The molecule has 0 aromatic heterocycles. The lowest BCUT2D eigenvalue weighted by atomic mass is 9.36. The highest BCUT2D eigenvalue weighted by molar-refractivity contribution is 6.97. The number of nitrogens with zero attached hydrogens (tertiary/aromatic N) is 1. The maximum Gasteiger partial charge on any atom is 0.247 e. The first-order valence-corrected chi connectivity index (χ1v) is 11.4. The molecule has 0 radical (unpaired) electrons. The van der Waals surface area contributed by atoms with Gasteiger partial charge in [-0.25, -0.2) is 0 Å². The van der Waals surface area contributed by atoms with Gasteiger partial charge < -0.3 is 9.64 Å². The molecule has 2 nitrogen and oxygen atoms in total. The lowest BCUT2D eigenvalue weighted by molar-refractivity contribution is 0.493. The molecule has 0 saturated heterocycles. The first-order chi connectivity index (χ1) is 16.2. The molecule has 1 aliphatic heterocycles. The number of ether oxygens (including phenoxy) is 1. The van der Waals surface area contributed by atoms with Crippen LogP contribution in [0.15, 0.2) is 97.1 Å². The molecule has 0 unspecified atom stereocenters. The van der Waals surface area contributed by atoms with E-state index < -0.39 is 0 Å². The van der Waals surface area contributed by atoms with Crippen molar-refractivity contribution in [2.75, 3.05) is 19.0 Å². The number of hydrogen-bond donors (Lipinski definition) is 0. The monoisotopic (exact) mass is 423 g/mol. The fourth-order valence-electron chi connectivity index (χ4n) is 5.71. The largest absolute Gasteiger partial charge is 0.457 e. The number of benzene rings is 6. The van der Waals surface area contributed by atoms with E-state index in [2.05, 4.69) is 116 Å². The second-order valence-electron chi connectivity index (χ2n) is 9.18. The molecule has 0 fully saturated rings. The fraction of sp³-hybridized carbons (Fsp3) is 0.0667. The van der Waals surface area contributed by atoms with Crippen LogP contribution < -0.4 is 26.0 Å². The molecule has 0 bridgehead atoms. The van der Waals surface area contributed by atoms with Crippen LogP contribution in [-0.2, 0) is 0 Å². The van der Waals surface area contributed by atoms with Crippen molar-refractivity contribution >= 4 is 61.1 Å². The molecule has 0 atom stereocenters. The minimum Gasteiger partial charge on any atom is -0.457 e. The Bertz CT molecular complexity index is 1670. The molecular weight excluding hydrogens is 401 g/mol. The molecule has 156 valence electrons. The molecule has 0 N–H and O–H groups in total. The lowest BCUT2D eigenvalue weighted by Crippen LogP contribution is -2.51. The van der Waals surface area contributed by atoms with Crippen molar-refractivity contribution in [3.8, 4) is 11.5 Å². The Morgan fingerprint density at radius 3 is 2.21 bits per heavy atom. The number of rotatable bonds is 2. The summed E-state index contributed by atoms with van der Waals surface area (Å²) in [4.78, 5) is 2.20. The lowest BCUT2D eigenvalue weighted by Gasteiger charge is -2.22. The Labute approximate surface area is 193 Å². The number of hydrogen-bond acceptors (Lipinski definition) is 2. The summed E-state index contributed by atoms with van der Waals surface area (Å²) in [6.07, 6.45) is 0. The average molecular weight is 423 g/mol. The minimum absolute atomic E-state index is 0.103. The molecule has 3 heteroatoms. The minimum atomic E-state index is 0.103. The number of fused-ring (bicyclic) bond motifs is 1. The van der Waals surface area contributed by atoms with Crippen LogP contribution in [-0.4, -0.2) is 20.8 Å². The van der Waals surface area contributed by atoms with Gasteiger partial charge in [0.05, 0.1) is 0 Å². The van der Waals surface area contributed by atoms with E-state index in [0.717, 1.165) is 11.5 Å². The smallest absolute Gasteiger partial charge is 0.247 e. The average Bonchev–Trinajstić information content (AvgIpc) is 2.99. The molecule has 1 heterocycles. The molecule has 33 heavy (non-hydrogen) atoms. The van der Waals surface area contributed by atoms with Crippen molar-refractivity contribution < 1.29 is 4.74 Å². The summed E-state index contributed by atoms with van der Waals surface area (Å²) in [5.74, 6) is 1.87. The number of anilines is 1. The second kappa shape index (κ2) is 6.76. The number of para-hydroxylation sites is 1. The quantitative estimate of drug-likeness (QED) is 0.278. The Morgan fingerprint density at radius 2 is 1.36 bits per heavy atom. The second-order valence-corrected chi connectivity index (χ2v) is 9.18. The molecule has 0 saturated carbocycles. The zero-order valence-corrected chi connectivity index (χ0v) is 18.7. The summed E-state index contributed by atoms with van der Waals surface area (Å²) in [7, 11) is 4.23. The van der Waals surface area contributed by atoms with Crippen LogP contribution >= 0.6 is 0 Å². The van der Waals surface area contributed by atoms with Crippen molar-refractivity contribution in [3.05, 3.63) is 97.1 Å². The molecular formula is C30H22BNO. The highest BCUT2D eigenvalue weighted by atomic mass is 16.5. The van der Waals surface area contributed by atoms with Crippen LogP contribution in [0.4, 0.5) is 5.69 Å². The van der Waals surface area contributed by atoms with Gasteiger partial charge in [-0.05, 0) is 39.8 Å². The third kappa shape index (κ3) is 2.56. The van der Waals surface area contributed by atoms with Crippen LogP contribution in [0.5, 0.6) is 11.5 Å². The fourth-order valence-corrected chi connectivity index (χ4v) is 5.71. The van der Waals surface area contributed by atoms with E-state index in [4.69, 9.17) is 4.74 Å². The van der Waals surface area contributed by atoms with Crippen molar-refractivity contribution in [1.29, 1.82) is 0 Å². The van der Waals surface area contributed by atoms with E-state index in [-0.39, 0.29) is 6.71 Å². The molecule has 0 aliphatic carbocycles. The standard InChI is InChI=1S/C30H22BNO/c1-32(2)25-16-13-20-18-24-30-27(17-14-19-12-15-22(25)28(20)29(19)30)33-26-11-7-6-10-23(26)31(24)21-8-4-3-5-9-21/h3-18H,1-2H3. The predicted octanol–water partition coefficient (Wildman–Crippen LogP) is 5.27. The third-order valence-corrected chi connectivity index (χ3v) is 7.11.